The summed E-state index contributed by atoms with van der Waals surface area (Å²) >= 11 is 0. The highest BCUT2D eigenvalue weighted by atomic mass is 35.5. The van der Waals surface area contributed by atoms with Crippen LogP contribution in [0.15, 0.2) is 60.7 Å². The van der Waals surface area contributed by atoms with Gasteiger partial charge in [-0.2, -0.15) is 0 Å². The zero-order valence-corrected chi connectivity index (χ0v) is 18.3. The van der Waals surface area contributed by atoms with Gasteiger partial charge in [0.25, 0.3) is 0 Å². The van der Waals surface area contributed by atoms with Crippen LogP contribution >= 0.6 is 24.8 Å². The number of rotatable bonds is 6. The number of benzene rings is 2. The van der Waals surface area contributed by atoms with Crippen LogP contribution in [0.2, 0.25) is 25.2 Å². The van der Waals surface area contributed by atoms with Crippen molar-refractivity contribution < 1.29 is 0 Å². The van der Waals surface area contributed by atoms with Gasteiger partial charge in [-0.15, -0.1) is 24.8 Å². The minimum absolute atomic E-state index is 0. The largest absolute Gasteiger partial charge is 0.147 e. The van der Waals surface area contributed by atoms with E-state index in [-0.39, 0.29) is 43.9 Å². The highest BCUT2D eigenvalue weighted by molar-refractivity contribution is 6.33. The summed E-state index contributed by atoms with van der Waals surface area (Å²) in [6, 6.07) is 24.4. The fourth-order valence-electron chi connectivity index (χ4n) is 2.05. The number of aryl methyl sites for hydroxylation is 2. The SMILES string of the molecule is C[SiH2]CCc1ccccc1.C[SiH2]CCc1ccccc1.Cl.Cl. The lowest BCUT2D eigenvalue weighted by Gasteiger charge is -1.96. The fourth-order valence-corrected chi connectivity index (χ4v) is 3.57. The Bertz CT molecular complexity index is 392. The van der Waals surface area contributed by atoms with Crippen molar-refractivity contribution in [1.29, 1.82) is 0 Å². The fraction of sp³-hybridized carbons (Fsp3) is 0.333. The molecule has 0 unspecified atom stereocenters. The zero-order chi connectivity index (χ0) is 14.5. The molecule has 0 fully saturated rings. The first-order chi connectivity index (χ1) is 9.86. The van der Waals surface area contributed by atoms with E-state index in [1.165, 1.54) is 36.1 Å². The van der Waals surface area contributed by atoms with Crippen molar-refractivity contribution in [2.24, 2.45) is 0 Å². The van der Waals surface area contributed by atoms with Crippen molar-refractivity contribution in [1.82, 2.24) is 0 Å². The Balaban J connectivity index is 0. The first-order valence-corrected chi connectivity index (χ1v) is 12.8. The molecular weight excluding hydrogens is 343 g/mol. The topological polar surface area (TPSA) is 0 Å². The Kier molecular flexibility index (Phi) is 18.1. The van der Waals surface area contributed by atoms with E-state index >= 15 is 0 Å². The molecule has 0 amide bonds. The molecule has 0 saturated carbocycles. The molecule has 2 aromatic rings. The van der Waals surface area contributed by atoms with E-state index in [0.717, 1.165) is 0 Å². The van der Waals surface area contributed by atoms with Crippen LogP contribution in [0.5, 0.6) is 0 Å². The first-order valence-electron chi connectivity index (χ1n) is 7.94. The van der Waals surface area contributed by atoms with Crippen LogP contribution in [0.4, 0.5) is 0 Å². The normalized spacial score (nSPS) is 9.91. The molecule has 0 spiro atoms. The van der Waals surface area contributed by atoms with Crippen molar-refractivity contribution in [3.8, 4) is 0 Å². The van der Waals surface area contributed by atoms with Crippen LogP contribution < -0.4 is 0 Å². The lowest BCUT2D eigenvalue weighted by atomic mass is 10.2. The molecule has 22 heavy (non-hydrogen) atoms. The molecule has 0 nitrogen and oxygen atoms in total. The quantitative estimate of drug-likeness (QED) is 0.651. The number of hydrogen-bond donors (Lipinski definition) is 0. The van der Waals surface area contributed by atoms with Gasteiger partial charge in [0.1, 0.15) is 0 Å². The lowest BCUT2D eigenvalue weighted by molar-refractivity contribution is 1.12. The van der Waals surface area contributed by atoms with Crippen molar-refractivity contribution in [2.45, 2.75) is 38.0 Å². The van der Waals surface area contributed by atoms with Crippen molar-refractivity contribution >= 4 is 43.9 Å². The molecule has 4 heteroatoms. The molecular formula is C18H30Cl2Si2. The highest BCUT2D eigenvalue weighted by Gasteiger charge is 1.88. The summed E-state index contributed by atoms with van der Waals surface area (Å²) in [5, 5.41) is 0. The predicted octanol–water partition coefficient (Wildman–Crippen LogP) is 4.57. The van der Waals surface area contributed by atoms with Gasteiger partial charge in [0.15, 0.2) is 0 Å². The second kappa shape index (κ2) is 16.8. The minimum Gasteiger partial charge on any atom is -0.147 e. The summed E-state index contributed by atoms with van der Waals surface area (Å²) in [6.45, 7) is 4.73. The Labute approximate surface area is 153 Å². The zero-order valence-electron chi connectivity index (χ0n) is 13.8. The molecule has 0 aliphatic heterocycles. The van der Waals surface area contributed by atoms with E-state index in [1.807, 2.05) is 0 Å². The molecule has 2 rings (SSSR count). The van der Waals surface area contributed by atoms with E-state index in [2.05, 4.69) is 73.8 Å². The Morgan fingerprint density at radius 1 is 0.591 bits per heavy atom. The highest BCUT2D eigenvalue weighted by Crippen LogP contribution is 2.02. The van der Waals surface area contributed by atoms with Crippen LogP contribution in [0, 0.1) is 0 Å². The average molecular weight is 374 g/mol. The predicted molar refractivity (Wildman–Crippen MR) is 113 cm³/mol. The molecule has 0 atom stereocenters. The smallest absolute Gasteiger partial charge is 0.0170 e. The molecule has 0 heterocycles. The van der Waals surface area contributed by atoms with Gasteiger partial charge in [0, 0.05) is 19.0 Å². The molecule has 0 bridgehead atoms. The van der Waals surface area contributed by atoms with Gasteiger partial charge in [-0.05, 0) is 24.0 Å². The van der Waals surface area contributed by atoms with Crippen LogP contribution in [0.1, 0.15) is 11.1 Å². The van der Waals surface area contributed by atoms with E-state index in [9.17, 15) is 0 Å². The van der Waals surface area contributed by atoms with Gasteiger partial charge >= 0.3 is 0 Å². The third-order valence-electron chi connectivity index (χ3n) is 3.32. The van der Waals surface area contributed by atoms with Crippen molar-refractivity contribution in [3.05, 3.63) is 71.8 Å². The maximum atomic E-state index is 2.36. The van der Waals surface area contributed by atoms with Gasteiger partial charge in [-0.25, -0.2) is 0 Å². The van der Waals surface area contributed by atoms with Gasteiger partial charge in [0.05, 0.1) is 0 Å². The van der Waals surface area contributed by atoms with E-state index < -0.39 is 0 Å². The molecule has 0 aliphatic carbocycles. The molecule has 124 valence electrons. The molecule has 0 N–H and O–H groups in total. The molecule has 0 saturated heterocycles. The Morgan fingerprint density at radius 2 is 0.909 bits per heavy atom. The van der Waals surface area contributed by atoms with Crippen molar-refractivity contribution in [3.63, 3.8) is 0 Å². The van der Waals surface area contributed by atoms with E-state index in [4.69, 9.17) is 0 Å². The van der Waals surface area contributed by atoms with Gasteiger partial charge in [-0.1, -0.05) is 85.8 Å². The van der Waals surface area contributed by atoms with Gasteiger partial charge in [-0.3, -0.25) is 0 Å². The monoisotopic (exact) mass is 372 g/mol. The van der Waals surface area contributed by atoms with Crippen LogP contribution in [-0.2, 0) is 12.8 Å². The van der Waals surface area contributed by atoms with Crippen LogP contribution in [0.25, 0.3) is 0 Å². The van der Waals surface area contributed by atoms with Crippen LogP contribution in [-0.4, -0.2) is 19.0 Å². The first kappa shape index (κ1) is 23.7. The average Bonchev–Trinajstić information content (AvgIpc) is 2.53. The second-order valence-electron chi connectivity index (χ2n) is 5.18. The number of hydrogen-bond acceptors (Lipinski definition) is 0. The summed E-state index contributed by atoms with van der Waals surface area (Å²) in [4.78, 5) is 0. The molecule has 0 aromatic heterocycles. The standard InChI is InChI=1S/2C9H14Si.2ClH/c2*1-10-8-7-9-5-3-2-4-6-9;;/h2*2-6H,7-8,10H2,1H3;2*1H. The van der Waals surface area contributed by atoms with Gasteiger partial charge < -0.3 is 0 Å². The van der Waals surface area contributed by atoms with Crippen LogP contribution in [0.3, 0.4) is 0 Å². The molecule has 0 aliphatic rings. The lowest BCUT2D eigenvalue weighted by Crippen LogP contribution is -1.86. The Hall–Kier alpha value is -0.546. The van der Waals surface area contributed by atoms with E-state index in [0.29, 0.717) is 0 Å². The summed E-state index contributed by atoms with van der Waals surface area (Å²) in [5.74, 6) is 0. The maximum Gasteiger partial charge on any atom is 0.0170 e. The summed E-state index contributed by atoms with van der Waals surface area (Å²) in [7, 11) is 0.540. The summed E-state index contributed by atoms with van der Waals surface area (Å²) in [6.07, 6.45) is 2.59. The second-order valence-corrected chi connectivity index (χ2v) is 8.59. The molecule has 0 radical (unpaired) electrons. The van der Waals surface area contributed by atoms with E-state index in [1.54, 1.807) is 0 Å². The van der Waals surface area contributed by atoms with Gasteiger partial charge in [0.2, 0.25) is 0 Å². The minimum atomic E-state index is 0. The summed E-state index contributed by atoms with van der Waals surface area (Å²) in [5.41, 5.74) is 2.99. The number of halogens is 2. The third-order valence-corrected chi connectivity index (χ3v) is 5.44. The summed E-state index contributed by atoms with van der Waals surface area (Å²) < 4.78 is 0. The van der Waals surface area contributed by atoms with Crippen molar-refractivity contribution in [2.75, 3.05) is 0 Å². The molecule has 2 aromatic carbocycles. The Morgan fingerprint density at radius 3 is 1.18 bits per heavy atom. The third kappa shape index (κ3) is 12.0. The maximum absolute atomic E-state index is 2.36.